The number of nitrogens with zero attached hydrogens (tertiary/aromatic N) is 4. The molecule has 0 spiro atoms. The van der Waals surface area contributed by atoms with Crippen molar-refractivity contribution in [1.29, 1.82) is 0 Å². The molecule has 10 heteroatoms. The van der Waals surface area contributed by atoms with Gasteiger partial charge in [-0.3, -0.25) is 0 Å². The average Bonchev–Trinajstić information content (AvgIpc) is 3.38. The van der Waals surface area contributed by atoms with Crippen molar-refractivity contribution in [3.05, 3.63) is 65.6 Å². The zero-order valence-electron chi connectivity index (χ0n) is 16.9. The first kappa shape index (κ1) is 20.7. The van der Waals surface area contributed by atoms with Crippen LogP contribution in [0.2, 0.25) is 0 Å². The van der Waals surface area contributed by atoms with Crippen LogP contribution in [0.4, 0.5) is 8.78 Å². The van der Waals surface area contributed by atoms with Crippen LogP contribution >= 0.6 is 11.3 Å². The molecule has 1 aliphatic rings. The number of rotatable bonds is 6. The van der Waals surface area contributed by atoms with Crippen molar-refractivity contribution in [3.8, 4) is 32.7 Å². The van der Waals surface area contributed by atoms with Gasteiger partial charge in [0, 0.05) is 25.6 Å². The molecule has 5 rings (SSSR count). The minimum atomic E-state index is -0.713. The number of hydrogen-bond acceptors (Lipinski definition) is 7. The third-order valence-electron chi connectivity index (χ3n) is 5.07. The second-order valence-corrected chi connectivity index (χ2v) is 8.26. The molecule has 0 unspecified atom stereocenters. The van der Waals surface area contributed by atoms with Crippen LogP contribution in [0.15, 0.2) is 42.7 Å². The van der Waals surface area contributed by atoms with Crippen LogP contribution in [-0.4, -0.2) is 44.6 Å². The highest BCUT2D eigenvalue weighted by molar-refractivity contribution is 7.19. The number of fused-ring (bicyclic) bond motifs is 3. The monoisotopic (exact) mass is 455 g/mol. The molecule has 0 saturated heterocycles. The number of benzene rings is 1. The van der Waals surface area contributed by atoms with Crippen LogP contribution in [0.5, 0.6) is 5.75 Å². The summed E-state index contributed by atoms with van der Waals surface area (Å²) in [6, 6.07) is 9.17. The van der Waals surface area contributed by atoms with Crippen molar-refractivity contribution in [3.63, 3.8) is 0 Å². The Balaban J connectivity index is 1.55. The Morgan fingerprint density at radius 1 is 1.19 bits per heavy atom. The van der Waals surface area contributed by atoms with E-state index in [0.29, 0.717) is 37.7 Å². The second kappa shape index (κ2) is 8.73. The van der Waals surface area contributed by atoms with Gasteiger partial charge in [-0.1, -0.05) is 0 Å². The van der Waals surface area contributed by atoms with E-state index < -0.39 is 11.6 Å². The number of pyridine rings is 1. The fourth-order valence-electron chi connectivity index (χ4n) is 3.59. The van der Waals surface area contributed by atoms with Gasteiger partial charge in [-0.2, -0.15) is 5.10 Å². The Hall–Kier alpha value is -3.21. The zero-order valence-corrected chi connectivity index (χ0v) is 17.7. The van der Waals surface area contributed by atoms with Crippen LogP contribution < -0.4 is 10.1 Å². The smallest absolute Gasteiger partial charge is 0.173 e. The Labute approximate surface area is 186 Å². The minimum Gasteiger partial charge on any atom is -0.491 e. The van der Waals surface area contributed by atoms with Crippen molar-refractivity contribution in [1.82, 2.24) is 25.1 Å². The maximum absolute atomic E-state index is 14.4. The van der Waals surface area contributed by atoms with E-state index in [1.54, 1.807) is 0 Å². The summed E-state index contributed by atoms with van der Waals surface area (Å²) in [6.07, 6.45) is 2.04. The highest BCUT2D eigenvalue weighted by Crippen LogP contribution is 2.42. The highest BCUT2D eigenvalue weighted by Gasteiger charge is 2.23. The van der Waals surface area contributed by atoms with Gasteiger partial charge in [-0.05, 0) is 35.9 Å². The van der Waals surface area contributed by atoms with E-state index in [9.17, 15) is 8.78 Å². The van der Waals surface area contributed by atoms with Crippen molar-refractivity contribution in [2.24, 2.45) is 0 Å². The maximum atomic E-state index is 14.4. The molecular formula is C22H19F2N5O2S. The molecule has 4 aromatic rings. The number of ether oxygens (including phenoxy) is 1. The number of aliphatic hydroxyl groups is 1. The molecule has 0 aliphatic carbocycles. The molecule has 164 valence electrons. The topological polar surface area (TPSA) is 85.1 Å². The van der Waals surface area contributed by atoms with Crippen LogP contribution in [0.25, 0.3) is 27.0 Å². The predicted octanol–water partition coefficient (Wildman–Crippen LogP) is 3.35. The molecule has 32 heavy (non-hydrogen) atoms. The van der Waals surface area contributed by atoms with Crippen LogP contribution in [0.3, 0.4) is 0 Å². The first-order chi connectivity index (χ1) is 15.6. The van der Waals surface area contributed by atoms with Gasteiger partial charge in [-0.25, -0.2) is 23.4 Å². The number of hydrogen-bond donors (Lipinski definition) is 2. The van der Waals surface area contributed by atoms with Gasteiger partial charge >= 0.3 is 0 Å². The molecule has 1 aliphatic heterocycles. The lowest BCUT2D eigenvalue weighted by atomic mass is 10.1. The van der Waals surface area contributed by atoms with Crippen LogP contribution in [0.1, 0.15) is 11.3 Å². The quantitative estimate of drug-likeness (QED) is 0.434. The number of aliphatic hydroxyl groups excluding tert-OH is 1. The van der Waals surface area contributed by atoms with E-state index in [2.05, 4.69) is 15.4 Å². The highest BCUT2D eigenvalue weighted by atomic mass is 32.1. The summed E-state index contributed by atoms with van der Waals surface area (Å²) in [5.41, 5.74) is 2.77. The number of thiophene rings is 1. The Bertz CT molecular complexity index is 1270. The lowest BCUT2D eigenvalue weighted by Gasteiger charge is -2.09. The lowest BCUT2D eigenvalue weighted by Crippen LogP contribution is -2.18. The second-order valence-electron chi connectivity index (χ2n) is 7.20. The van der Waals surface area contributed by atoms with Crippen molar-refractivity contribution in [2.75, 3.05) is 19.8 Å². The molecule has 0 fully saturated rings. The van der Waals surface area contributed by atoms with E-state index in [0.717, 1.165) is 32.8 Å². The largest absolute Gasteiger partial charge is 0.491 e. The molecule has 4 heterocycles. The molecule has 0 radical (unpaired) electrons. The third kappa shape index (κ3) is 3.88. The number of aromatic nitrogens is 4. The summed E-state index contributed by atoms with van der Waals surface area (Å²) in [5, 5.41) is 16.3. The summed E-state index contributed by atoms with van der Waals surface area (Å²) in [7, 11) is 0. The molecule has 2 N–H and O–H groups in total. The van der Waals surface area contributed by atoms with Crippen LogP contribution in [-0.2, 0) is 13.0 Å². The fraction of sp³-hybridized carbons (Fsp3) is 0.227. The van der Waals surface area contributed by atoms with E-state index in [1.807, 2.05) is 18.2 Å². The lowest BCUT2D eigenvalue weighted by molar-refractivity contribution is 0.291. The molecule has 3 aromatic heterocycles. The fourth-order valence-corrected chi connectivity index (χ4v) is 4.78. The molecule has 0 atom stereocenters. The predicted molar refractivity (Wildman–Crippen MR) is 116 cm³/mol. The van der Waals surface area contributed by atoms with Gasteiger partial charge in [0.2, 0.25) is 0 Å². The SMILES string of the molecule is OCCNCc1ccc2c(n1)-c1sc(-c3ncnn3-c3ccc(F)cc3F)cc1CCO2. The van der Waals surface area contributed by atoms with Crippen molar-refractivity contribution in [2.45, 2.75) is 13.0 Å². The van der Waals surface area contributed by atoms with Gasteiger partial charge < -0.3 is 15.2 Å². The minimum absolute atomic E-state index is 0.0574. The zero-order chi connectivity index (χ0) is 22.1. The molecule has 0 amide bonds. The van der Waals surface area contributed by atoms with Gasteiger partial charge in [0.25, 0.3) is 0 Å². The summed E-state index contributed by atoms with van der Waals surface area (Å²) >= 11 is 1.48. The Kier molecular flexibility index (Phi) is 5.64. The van der Waals surface area contributed by atoms with Crippen molar-refractivity contribution < 1.29 is 18.6 Å². The summed E-state index contributed by atoms with van der Waals surface area (Å²) in [5.74, 6) is -0.191. The first-order valence-corrected chi connectivity index (χ1v) is 10.9. The molecule has 0 saturated carbocycles. The van der Waals surface area contributed by atoms with E-state index >= 15 is 0 Å². The Morgan fingerprint density at radius 3 is 2.94 bits per heavy atom. The molecule has 0 bridgehead atoms. The van der Waals surface area contributed by atoms with Gasteiger partial charge in [0.15, 0.2) is 11.6 Å². The van der Waals surface area contributed by atoms with Gasteiger partial charge in [-0.15, -0.1) is 11.3 Å². The van der Waals surface area contributed by atoms with E-state index in [4.69, 9.17) is 14.8 Å². The van der Waals surface area contributed by atoms with E-state index in [-0.39, 0.29) is 12.3 Å². The van der Waals surface area contributed by atoms with Gasteiger partial charge in [0.1, 0.15) is 29.3 Å². The Morgan fingerprint density at radius 2 is 2.09 bits per heavy atom. The van der Waals surface area contributed by atoms with Crippen molar-refractivity contribution >= 4 is 11.3 Å². The molecule has 1 aromatic carbocycles. The number of nitrogens with one attached hydrogen (secondary N) is 1. The van der Waals surface area contributed by atoms with Crippen LogP contribution in [0, 0.1) is 11.6 Å². The maximum Gasteiger partial charge on any atom is 0.173 e. The summed E-state index contributed by atoms with van der Waals surface area (Å²) < 4.78 is 35.0. The first-order valence-electron chi connectivity index (χ1n) is 10.1. The normalized spacial score (nSPS) is 12.7. The van der Waals surface area contributed by atoms with E-state index in [1.165, 1.54) is 34.5 Å². The summed E-state index contributed by atoms with van der Waals surface area (Å²) in [4.78, 5) is 10.9. The third-order valence-corrected chi connectivity index (χ3v) is 6.25. The molecular weight excluding hydrogens is 436 g/mol. The van der Waals surface area contributed by atoms with Gasteiger partial charge in [0.05, 0.1) is 28.7 Å². The summed E-state index contributed by atoms with van der Waals surface area (Å²) in [6.45, 7) is 1.58. The molecule has 7 nitrogen and oxygen atoms in total. The standard InChI is InChI=1S/C22H19F2N5O2S/c23-14-1-3-17(16(24)10-14)29-22(26-12-27-29)19-9-13-5-8-31-18-4-2-15(11-25-6-7-30)28-20(18)21(13)32-19/h1-4,9-10,12,25,30H,5-8,11H2. The average molecular weight is 455 g/mol. The number of halogens is 2.